The first kappa shape index (κ1) is 32.3. The lowest BCUT2D eigenvalue weighted by Crippen LogP contribution is -2.58. The van der Waals surface area contributed by atoms with Gasteiger partial charge in [0.15, 0.2) is 5.82 Å². The molecular weight excluding hydrogens is 578 g/mol. The predicted molar refractivity (Wildman–Crippen MR) is 164 cm³/mol. The van der Waals surface area contributed by atoms with E-state index in [9.17, 15) is 18.4 Å². The van der Waals surface area contributed by atoms with Gasteiger partial charge in [0.25, 0.3) is 0 Å². The van der Waals surface area contributed by atoms with Crippen molar-refractivity contribution in [2.75, 3.05) is 26.0 Å². The van der Waals surface area contributed by atoms with Gasteiger partial charge in [-0.25, -0.2) is 18.7 Å². The van der Waals surface area contributed by atoms with Crippen LogP contribution >= 0.6 is 11.6 Å². The second-order valence-electron chi connectivity index (χ2n) is 11.9. The van der Waals surface area contributed by atoms with Crippen LogP contribution in [0, 0.1) is 17.0 Å². The molecule has 232 valence electrons. The van der Waals surface area contributed by atoms with Gasteiger partial charge in [-0.2, -0.15) is 0 Å². The number of amides is 2. The molecule has 43 heavy (non-hydrogen) atoms. The summed E-state index contributed by atoms with van der Waals surface area (Å²) in [6.45, 7) is 8.22. The molecule has 9 nitrogen and oxygen atoms in total. The number of anilines is 2. The molecule has 3 N–H and O–H groups in total. The van der Waals surface area contributed by atoms with Crippen molar-refractivity contribution in [1.82, 2.24) is 25.5 Å². The van der Waals surface area contributed by atoms with Gasteiger partial charge in [-0.3, -0.25) is 9.59 Å². The minimum absolute atomic E-state index is 0.0172. The first-order valence-electron chi connectivity index (χ1n) is 14.4. The summed E-state index contributed by atoms with van der Waals surface area (Å²) in [6.07, 6.45) is 4.32. The number of carbonyl (C=O) groups is 2. The number of aryl methyl sites for hydroxylation is 1. The molecule has 12 heteroatoms. The molecule has 1 aliphatic rings. The van der Waals surface area contributed by atoms with Gasteiger partial charge >= 0.3 is 0 Å². The van der Waals surface area contributed by atoms with Gasteiger partial charge in [0.05, 0.1) is 24.4 Å². The van der Waals surface area contributed by atoms with Crippen molar-refractivity contribution in [3.05, 3.63) is 52.8 Å². The fraction of sp³-hybridized carbons (Fsp3) is 0.484. The van der Waals surface area contributed by atoms with Gasteiger partial charge in [-0.1, -0.05) is 32.4 Å². The van der Waals surface area contributed by atoms with Gasteiger partial charge in [-0.05, 0) is 68.8 Å². The number of carbonyl (C=O) groups excluding carboxylic acids is 2. The molecule has 2 amide bonds. The zero-order valence-electron chi connectivity index (χ0n) is 25.4. The van der Waals surface area contributed by atoms with Crippen LogP contribution in [0.3, 0.4) is 0 Å². The lowest BCUT2D eigenvalue weighted by molar-refractivity contribution is -0.140. The van der Waals surface area contributed by atoms with E-state index < -0.39 is 34.2 Å². The zero-order chi connectivity index (χ0) is 31.5. The van der Waals surface area contributed by atoms with E-state index in [0.717, 1.165) is 24.5 Å². The Bertz CT molecular complexity index is 1500. The number of methoxy groups -OCH3 is 1. The van der Waals surface area contributed by atoms with Crippen molar-refractivity contribution in [3.63, 3.8) is 0 Å². The molecule has 1 aromatic heterocycles. The Balaban J connectivity index is 1.57. The third-order valence-corrected chi connectivity index (χ3v) is 8.31. The second-order valence-corrected chi connectivity index (χ2v) is 12.3. The minimum atomic E-state index is -0.918. The van der Waals surface area contributed by atoms with E-state index >= 15 is 0 Å². The largest absolute Gasteiger partial charge is 0.496 e. The van der Waals surface area contributed by atoms with E-state index in [0.29, 0.717) is 41.9 Å². The van der Waals surface area contributed by atoms with Crippen molar-refractivity contribution in [3.8, 4) is 5.75 Å². The smallest absolute Gasteiger partial charge is 0.245 e. The van der Waals surface area contributed by atoms with Crippen LogP contribution in [0.1, 0.15) is 52.5 Å². The maximum Gasteiger partial charge on any atom is 0.245 e. The number of likely N-dealkylation sites (N-methyl/N-ethyl adjacent to an activating group) is 1. The summed E-state index contributed by atoms with van der Waals surface area (Å²) in [5.41, 5.74) is 0.942. The normalized spacial score (nSPS) is 16.7. The lowest BCUT2D eigenvalue weighted by atomic mass is 9.85. The van der Waals surface area contributed by atoms with Crippen molar-refractivity contribution < 1.29 is 23.1 Å². The average molecular weight is 617 g/mol. The molecular formula is C31H39ClF2N6O3. The molecule has 0 aliphatic carbocycles. The number of halogens is 3. The van der Waals surface area contributed by atoms with Crippen LogP contribution in [0.15, 0.2) is 30.6 Å². The van der Waals surface area contributed by atoms with E-state index in [-0.39, 0.29) is 23.5 Å². The molecule has 1 saturated heterocycles. The number of nitrogens with one attached hydrogen (secondary N) is 3. The third kappa shape index (κ3) is 7.15. The Morgan fingerprint density at radius 3 is 2.63 bits per heavy atom. The number of aromatic nitrogens is 2. The summed E-state index contributed by atoms with van der Waals surface area (Å²) >= 11 is 5.77. The van der Waals surface area contributed by atoms with Crippen LogP contribution in [-0.4, -0.2) is 65.5 Å². The summed E-state index contributed by atoms with van der Waals surface area (Å²) < 4.78 is 34.0. The van der Waals surface area contributed by atoms with Gasteiger partial charge < -0.3 is 25.6 Å². The van der Waals surface area contributed by atoms with E-state index in [4.69, 9.17) is 16.3 Å². The summed E-state index contributed by atoms with van der Waals surface area (Å²) in [7, 11) is 3.28. The Morgan fingerprint density at radius 2 is 1.95 bits per heavy atom. The summed E-state index contributed by atoms with van der Waals surface area (Å²) in [6, 6.07) is 4.90. The number of rotatable bonds is 10. The standard InChI is InChI=1S/C31H39ClF2N6O3/c1-17(35-5)29(41)39-27(31(2,3)4)30(42)40-13-7-8-19(40)10-9-18-14-20-23(15-24(18)43-6)36-16-37-28(20)38-22-12-11-21(33)25(32)26(22)34/h11-12,14-17,19,27,35H,7-10,13H2,1-6H3,(H,39,41)(H,36,37,38)/t17-,19-,27+/m0/s1. The first-order chi connectivity index (χ1) is 20.3. The van der Waals surface area contributed by atoms with Crippen LogP contribution in [0.5, 0.6) is 5.75 Å². The van der Waals surface area contributed by atoms with E-state index in [2.05, 4.69) is 25.9 Å². The van der Waals surface area contributed by atoms with Crippen LogP contribution in [0.25, 0.3) is 10.9 Å². The Labute approximate surface area is 255 Å². The van der Waals surface area contributed by atoms with E-state index in [1.165, 1.54) is 12.4 Å². The average Bonchev–Trinajstić information content (AvgIpc) is 3.46. The molecule has 3 atom stereocenters. The fourth-order valence-electron chi connectivity index (χ4n) is 5.32. The quantitative estimate of drug-likeness (QED) is 0.263. The van der Waals surface area contributed by atoms with E-state index in [1.54, 1.807) is 27.1 Å². The van der Waals surface area contributed by atoms with Gasteiger partial charge in [0.2, 0.25) is 11.8 Å². The van der Waals surface area contributed by atoms with Crippen molar-refractivity contribution >= 4 is 45.8 Å². The number of nitrogens with zero attached hydrogens (tertiary/aromatic N) is 3. The maximum atomic E-state index is 14.6. The maximum absolute atomic E-state index is 14.6. The fourth-order valence-corrected chi connectivity index (χ4v) is 5.49. The number of hydrogen-bond donors (Lipinski definition) is 3. The molecule has 2 aromatic carbocycles. The van der Waals surface area contributed by atoms with Crippen LogP contribution in [0.2, 0.25) is 5.02 Å². The van der Waals surface area contributed by atoms with Crippen molar-refractivity contribution in [2.45, 2.75) is 71.5 Å². The molecule has 0 radical (unpaired) electrons. The number of fused-ring (bicyclic) bond motifs is 1. The third-order valence-electron chi connectivity index (χ3n) is 7.96. The van der Waals surface area contributed by atoms with Gasteiger partial charge in [0, 0.05) is 24.0 Å². The topological polar surface area (TPSA) is 108 Å². The molecule has 1 aliphatic heterocycles. The van der Waals surface area contributed by atoms with E-state index in [1.807, 2.05) is 31.7 Å². The Morgan fingerprint density at radius 1 is 1.21 bits per heavy atom. The lowest BCUT2D eigenvalue weighted by Gasteiger charge is -2.36. The highest BCUT2D eigenvalue weighted by molar-refractivity contribution is 6.31. The summed E-state index contributed by atoms with van der Waals surface area (Å²) in [4.78, 5) is 37.0. The first-order valence-corrected chi connectivity index (χ1v) is 14.7. The zero-order valence-corrected chi connectivity index (χ0v) is 26.1. The van der Waals surface area contributed by atoms with Crippen LogP contribution in [-0.2, 0) is 16.0 Å². The van der Waals surface area contributed by atoms with Crippen LogP contribution in [0.4, 0.5) is 20.3 Å². The van der Waals surface area contributed by atoms with Gasteiger partial charge in [0.1, 0.15) is 34.8 Å². The van der Waals surface area contributed by atoms with Crippen molar-refractivity contribution in [2.24, 2.45) is 5.41 Å². The highest BCUT2D eigenvalue weighted by Gasteiger charge is 2.40. The number of hydrogen-bond acceptors (Lipinski definition) is 7. The molecule has 1 fully saturated rings. The molecule has 4 rings (SSSR count). The predicted octanol–water partition coefficient (Wildman–Crippen LogP) is 5.38. The summed E-state index contributed by atoms with van der Waals surface area (Å²) in [5.74, 6) is -1.12. The summed E-state index contributed by atoms with van der Waals surface area (Å²) in [5, 5.41) is 8.81. The monoisotopic (exact) mass is 616 g/mol. The van der Waals surface area contributed by atoms with Gasteiger partial charge in [-0.15, -0.1) is 0 Å². The minimum Gasteiger partial charge on any atom is -0.496 e. The molecule has 3 aromatic rings. The molecule has 2 heterocycles. The Hall–Kier alpha value is -3.57. The number of ether oxygens (including phenoxy) is 1. The molecule has 0 bridgehead atoms. The second kappa shape index (κ2) is 13.4. The highest BCUT2D eigenvalue weighted by atomic mass is 35.5. The number of benzene rings is 2. The van der Waals surface area contributed by atoms with Crippen molar-refractivity contribution in [1.29, 1.82) is 0 Å². The molecule has 0 unspecified atom stereocenters. The Kier molecular flexibility index (Phi) is 10.1. The van der Waals surface area contributed by atoms with Crippen LogP contribution < -0.4 is 20.7 Å². The SMILES string of the molecule is CN[C@@H](C)C(=O)N[C@H](C(=O)N1CCC[C@H]1CCc1cc2c(Nc3ccc(F)c(Cl)c3F)ncnc2cc1OC)C(C)(C)C. The highest BCUT2D eigenvalue weighted by Crippen LogP contribution is 2.34. The molecule has 0 saturated carbocycles. The number of likely N-dealkylation sites (tertiary alicyclic amines) is 1. The molecule has 0 spiro atoms.